The van der Waals surface area contributed by atoms with Crippen molar-refractivity contribution in [2.45, 2.75) is 51.1 Å². The molecule has 0 aromatic heterocycles. The second kappa shape index (κ2) is 8.64. The molecule has 5 heteroatoms. The monoisotopic (exact) mass is 274 g/mol. The lowest BCUT2D eigenvalue weighted by Gasteiger charge is -2.31. The molecule has 0 saturated heterocycles. The molecule has 0 aromatic rings. The van der Waals surface area contributed by atoms with Crippen LogP contribution in [0.3, 0.4) is 0 Å². The van der Waals surface area contributed by atoms with E-state index < -0.39 is 0 Å². The van der Waals surface area contributed by atoms with Crippen LogP contribution in [0.15, 0.2) is 0 Å². The minimum absolute atomic E-state index is 0.0889. The highest BCUT2D eigenvalue weighted by atomic mass is 32.2. The molecule has 3 atom stereocenters. The van der Waals surface area contributed by atoms with Crippen molar-refractivity contribution in [3.05, 3.63) is 0 Å². The van der Waals surface area contributed by atoms with Gasteiger partial charge in [-0.25, -0.2) is 4.79 Å². The number of rotatable bonds is 6. The van der Waals surface area contributed by atoms with E-state index in [-0.39, 0.29) is 30.6 Å². The predicted molar refractivity (Wildman–Crippen MR) is 77.0 cm³/mol. The third-order valence-corrected chi connectivity index (χ3v) is 4.24. The zero-order valence-electron chi connectivity index (χ0n) is 11.4. The average molecular weight is 274 g/mol. The lowest BCUT2D eigenvalue weighted by atomic mass is 9.85. The standard InChI is InChI=1S/C13H26N2O2S/c1-10(7-8-18-2)14-13(17)15-12-6-4-3-5-11(12)9-16/h10-12,16H,3-9H2,1-2H3,(H2,14,15,17). The Morgan fingerprint density at radius 2 is 2.17 bits per heavy atom. The van der Waals surface area contributed by atoms with Crippen LogP contribution in [-0.2, 0) is 0 Å². The van der Waals surface area contributed by atoms with Crippen molar-refractivity contribution in [1.29, 1.82) is 0 Å². The van der Waals surface area contributed by atoms with Crippen molar-refractivity contribution in [2.24, 2.45) is 5.92 Å². The molecule has 1 rings (SSSR count). The number of aliphatic hydroxyl groups excluding tert-OH is 1. The van der Waals surface area contributed by atoms with E-state index in [9.17, 15) is 9.90 Å². The first kappa shape index (κ1) is 15.6. The molecule has 2 amide bonds. The fourth-order valence-electron chi connectivity index (χ4n) is 2.42. The van der Waals surface area contributed by atoms with Crippen molar-refractivity contribution in [3.8, 4) is 0 Å². The fourth-order valence-corrected chi connectivity index (χ4v) is 3.01. The molecule has 1 aliphatic carbocycles. The Bertz CT molecular complexity index is 251. The summed E-state index contributed by atoms with van der Waals surface area (Å²) in [5.41, 5.74) is 0. The molecular formula is C13H26N2O2S. The van der Waals surface area contributed by atoms with Crippen LogP contribution in [0.2, 0.25) is 0 Å². The number of nitrogens with one attached hydrogen (secondary N) is 2. The first-order chi connectivity index (χ1) is 8.67. The summed E-state index contributed by atoms with van der Waals surface area (Å²) in [6.07, 6.45) is 7.36. The van der Waals surface area contributed by atoms with Crippen LogP contribution in [0.4, 0.5) is 4.79 Å². The molecule has 3 unspecified atom stereocenters. The summed E-state index contributed by atoms with van der Waals surface area (Å²) >= 11 is 1.79. The molecule has 1 saturated carbocycles. The van der Waals surface area contributed by atoms with Gasteiger partial charge in [0.2, 0.25) is 0 Å². The second-order valence-corrected chi connectivity index (χ2v) is 6.12. The SMILES string of the molecule is CSCCC(C)NC(=O)NC1CCCCC1CO. The number of thioether (sulfide) groups is 1. The van der Waals surface area contributed by atoms with Crippen molar-refractivity contribution in [3.63, 3.8) is 0 Å². The van der Waals surface area contributed by atoms with Crippen molar-refractivity contribution in [2.75, 3.05) is 18.6 Å². The van der Waals surface area contributed by atoms with Crippen molar-refractivity contribution in [1.82, 2.24) is 10.6 Å². The summed E-state index contributed by atoms with van der Waals surface area (Å²) in [6, 6.07) is 0.249. The van der Waals surface area contributed by atoms with Gasteiger partial charge >= 0.3 is 6.03 Å². The van der Waals surface area contributed by atoms with Crippen LogP contribution in [-0.4, -0.2) is 41.8 Å². The van der Waals surface area contributed by atoms with E-state index in [0.29, 0.717) is 0 Å². The van der Waals surface area contributed by atoms with E-state index in [4.69, 9.17) is 0 Å². The van der Waals surface area contributed by atoms with Crippen LogP contribution in [0.25, 0.3) is 0 Å². The van der Waals surface area contributed by atoms with Gasteiger partial charge < -0.3 is 15.7 Å². The second-order valence-electron chi connectivity index (χ2n) is 5.13. The summed E-state index contributed by atoms with van der Waals surface area (Å²) in [4.78, 5) is 11.8. The normalized spacial score (nSPS) is 25.5. The molecule has 0 spiro atoms. The quantitative estimate of drug-likeness (QED) is 0.694. The summed E-state index contributed by atoms with van der Waals surface area (Å²) in [7, 11) is 0. The van der Waals surface area contributed by atoms with E-state index >= 15 is 0 Å². The van der Waals surface area contributed by atoms with Gasteiger partial charge in [-0.3, -0.25) is 0 Å². The van der Waals surface area contributed by atoms with Gasteiger partial charge in [-0.05, 0) is 38.2 Å². The minimum Gasteiger partial charge on any atom is -0.396 e. The zero-order chi connectivity index (χ0) is 13.4. The lowest BCUT2D eigenvalue weighted by molar-refractivity contribution is 0.153. The Labute approximate surface area is 114 Å². The van der Waals surface area contributed by atoms with Crippen LogP contribution in [0.5, 0.6) is 0 Å². The molecular weight excluding hydrogens is 248 g/mol. The highest BCUT2D eigenvalue weighted by molar-refractivity contribution is 7.98. The first-order valence-corrected chi connectivity index (χ1v) is 8.23. The maximum absolute atomic E-state index is 11.8. The van der Waals surface area contributed by atoms with Crippen LogP contribution in [0, 0.1) is 5.92 Å². The van der Waals surface area contributed by atoms with Crippen molar-refractivity contribution < 1.29 is 9.90 Å². The van der Waals surface area contributed by atoms with Crippen LogP contribution < -0.4 is 10.6 Å². The fraction of sp³-hybridized carbons (Fsp3) is 0.923. The van der Waals surface area contributed by atoms with Crippen LogP contribution >= 0.6 is 11.8 Å². The topological polar surface area (TPSA) is 61.4 Å². The average Bonchev–Trinajstić information content (AvgIpc) is 2.36. The number of amides is 2. The number of carbonyl (C=O) groups excluding carboxylic acids is 1. The smallest absolute Gasteiger partial charge is 0.315 e. The molecule has 3 N–H and O–H groups in total. The van der Waals surface area contributed by atoms with Gasteiger partial charge in [0.1, 0.15) is 0 Å². The Hall–Kier alpha value is -0.420. The van der Waals surface area contributed by atoms with Gasteiger partial charge in [0, 0.05) is 24.6 Å². The van der Waals surface area contributed by atoms with Crippen molar-refractivity contribution >= 4 is 17.8 Å². The molecule has 4 nitrogen and oxygen atoms in total. The highest BCUT2D eigenvalue weighted by Crippen LogP contribution is 2.23. The third kappa shape index (κ3) is 5.48. The lowest BCUT2D eigenvalue weighted by Crippen LogP contribution is -2.49. The number of aliphatic hydroxyl groups is 1. The molecule has 0 aromatic carbocycles. The van der Waals surface area contributed by atoms with Gasteiger partial charge in [0.15, 0.2) is 0 Å². The molecule has 106 valence electrons. The zero-order valence-corrected chi connectivity index (χ0v) is 12.3. The van der Waals surface area contributed by atoms with Gasteiger partial charge in [0.25, 0.3) is 0 Å². The summed E-state index contributed by atoms with van der Waals surface area (Å²) in [5, 5.41) is 15.3. The number of carbonyl (C=O) groups is 1. The minimum atomic E-state index is -0.0889. The highest BCUT2D eigenvalue weighted by Gasteiger charge is 2.25. The Morgan fingerprint density at radius 3 is 2.83 bits per heavy atom. The van der Waals surface area contributed by atoms with E-state index in [1.807, 2.05) is 6.92 Å². The van der Waals surface area contributed by atoms with E-state index in [1.165, 1.54) is 0 Å². The van der Waals surface area contributed by atoms with Crippen LogP contribution in [0.1, 0.15) is 39.0 Å². The largest absolute Gasteiger partial charge is 0.396 e. The third-order valence-electron chi connectivity index (χ3n) is 3.59. The number of hydrogen-bond acceptors (Lipinski definition) is 3. The molecule has 0 bridgehead atoms. The Balaban J connectivity index is 2.29. The maximum atomic E-state index is 11.8. The Morgan fingerprint density at radius 1 is 1.44 bits per heavy atom. The molecule has 1 fully saturated rings. The van der Waals surface area contributed by atoms with E-state index in [1.54, 1.807) is 11.8 Å². The van der Waals surface area contributed by atoms with Gasteiger partial charge in [-0.15, -0.1) is 0 Å². The first-order valence-electron chi connectivity index (χ1n) is 6.84. The molecule has 0 radical (unpaired) electrons. The number of hydrogen-bond donors (Lipinski definition) is 3. The van der Waals surface area contributed by atoms with Gasteiger partial charge in [-0.1, -0.05) is 12.8 Å². The summed E-state index contributed by atoms with van der Waals surface area (Å²) in [5.74, 6) is 1.29. The maximum Gasteiger partial charge on any atom is 0.315 e. The molecule has 1 aliphatic rings. The molecule has 18 heavy (non-hydrogen) atoms. The predicted octanol–water partition coefficient (Wildman–Crippen LogP) is 1.98. The molecule has 0 aliphatic heterocycles. The molecule has 0 heterocycles. The number of urea groups is 1. The Kier molecular flexibility index (Phi) is 7.51. The summed E-state index contributed by atoms with van der Waals surface area (Å²) < 4.78 is 0. The summed E-state index contributed by atoms with van der Waals surface area (Å²) in [6.45, 7) is 2.20. The van der Waals surface area contributed by atoms with Gasteiger partial charge in [0.05, 0.1) is 0 Å². The van der Waals surface area contributed by atoms with E-state index in [2.05, 4.69) is 16.9 Å². The van der Waals surface area contributed by atoms with Gasteiger partial charge in [-0.2, -0.15) is 11.8 Å². The van der Waals surface area contributed by atoms with E-state index in [0.717, 1.165) is 37.9 Å².